The Bertz CT molecular complexity index is 499. The summed E-state index contributed by atoms with van der Waals surface area (Å²) in [4.78, 5) is 10.5. The van der Waals surface area contributed by atoms with E-state index in [9.17, 15) is 4.79 Å². The summed E-state index contributed by atoms with van der Waals surface area (Å²) in [5.74, 6) is -0.779. The monoisotopic (exact) mass is 202 g/mol. The topological polar surface area (TPSA) is 42.2 Å². The number of rotatable bonds is 3. The lowest BCUT2D eigenvalue weighted by Gasteiger charge is -2.01. The number of benzene rings is 1. The van der Waals surface area contributed by atoms with Crippen LogP contribution in [0.4, 0.5) is 0 Å². The highest BCUT2D eigenvalue weighted by molar-refractivity contribution is 5.84. The van der Waals surface area contributed by atoms with E-state index >= 15 is 0 Å². The molecule has 0 fully saturated rings. The number of hydrogen-bond donors (Lipinski definition) is 1. The zero-order valence-electron chi connectivity index (χ0n) is 8.31. The Balaban J connectivity index is 2.39. The molecule has 1 aromatic heterocycles. The largest absolute Gasteiger partial charge is 0.481 e. The standard InChI is InChI=1S/C12H12NO2/c1-9-8-13(7-6-12(14)15)11-5-3-2-4-10(9)11/h2-5,8H,1,6-7H2,(H,14,15). The van der Waals surface area contributed by atoms with Gasteiger partial charge in [-0.15, -0.1) is 0 Å². The molecule has 0 saturated carbocycles. The van der Waals surface area contributed by atoms with Crippen LogP contribution in [0.5, 0.6) is 0 Å². The van der Waals surface area contributed by atoms with E-state index in [4.69, 9.17) is 5.11 Å². The van der Waals surface area contributed by atoms with E-state index < -0.39 is 5.97 Å². The molecule has 0 bridgehead atoms. The van der Waals surface area contributed by atoms with Crippen LogP contribution >= 0.6 is 0 Å². The molecule has 0 atom stereocenters. The quantitative estimate of drug-likeness (QED) is 0.829. The van der Waals surface area contributed by atoms with E-state index in [0.717, 1.165) is 16.5 Å². The molecule has 0 spiro atoms. The van der Waals surface area contributed by atoms with Crippen LogP contribution in [0.1, 0.15) is 12.0 Å². The van der Waals surface area contributed by atoms with Gasteiger partial charge in [0.25, 0.3) is 0 Å². The Labute approximate surface area is 87.9 Å². The fourth-order valence-electron chi connectivity index (χ4n) is 1.72. The van der Waals surface area contributed by atoms with Crippen molar-refractivity contribution >= 4 is 16.9 Å². The minimum absolute atomic E-state index is 0.137. The smallest absolute Gasteiger partial charge is 0.305 e. The van der Waals surface area contributed by atoms with Crippen molar-refractivity contribution < 1.29 is 9.90 Å². The van der Waals surface area contributed by atoms with Gasteiger partial charge in [-0.05, 0) is 18.6 Å². The van der Waals surface area contributed by atoms with Crippen LogP contribution in [0.2, 0.25) is 0 Å². The third kappa shape index (κ3) is 1.86. The number of aryl methyl sites for hydroxylation is 1. The SMILES string of the molecule is [CH2]c1cn(CCC(=O)O)c2ccccc12. The van der Waals surface area contributed by atoms with E-state index in [1.165, 1.54) is 0 Å². The molecule has 0 saturated heterocycles. The van der Waals surface area contributed by atoms with Crippen LogP contribution in [0.15, 0.2) is 30.5 Å². The van der Waals surface area contributed by atoms with E-state index in [0.29, 0.717) is 6.54 Å². The van der Waals surface area contributed by atoms with Gasteiger partial charge in [-0.2, -0.15) is 0 Å². The van der Waals surface area contributed by atoms with Gasteiger partial charge in [0.1, 0.15) is 0 Å². The summed E-state index contributed by atoms with van der Waals surface area (Å²) in [5, 5.41) is 9.71. The molecule has 3 nitrogen and oxygen atoms in total. The Morgan fingerprint density at radius 2 is 2.13 bits per heavy atom. The Hall–Kier alpha value is -1.77. The molecule has 2 rings (SSSR count). The normalized spacial score (nSPS) is 10.7. The molecule has 2 aromatic rings. The highest BCUT2D eigenvalue weighted by Crippen LogP contribution is 2.20. The maximum absolute atomic E-state index is 10.5. The van der Waals surface area contributed by atoms with Crippen LogP contribution in [0.25, 0.3) is 10.9 Å². The van der Waals surface area contributed by atoms with Gasteiger partial charge in [0, 0.05) is 23.6 Å². The first kappa shape index (κ1) is 9.77. The number of nitrogens with zero attached hydrogens (tertiary/aromatic N) is 1. The molecule has 1 N–H and O–H groups in total. The van der Waals surface area contributed by atoms with Crippen LogP contribution in [-0.2, 0) is 11.3 Å². The van der Waals surface area contributed by atoms with Gasteiger partial charge in [0.15, 0.2) is 0 Å². The van der Waals surface area contributed by atoms with Gasteiger partial charge >= 0.3 is 5.97 Å². The average Bonchev–Trinajstić information content (AvgIpc) is 2.54. The zero-order valence-corrected chi connectivity index (χ0v) is 8.31. The number of fused-ring (bicyclic) bond motifs is 1. The molecule has 15 heavy (non-hydrogen) atoms. The highest BCUT2D eigenvalue weighted by Gasteiger charge is 2.05. The summed E-state index contributed by atoms with van der Waals surface area (Å²) in [6.45, 7) is 4.42. The third-order valence-corrected chi connectivity index (χ3v) is 2.44. The summed E-state index contributed by atoms with van der Waals surface area (Å²) >= 11 is 0. The predicted octanol–water partition coefficient (Wildman–Crippen LogP) is 2.30. The van der Waals surface area contributed by atoms with Gasteiger partial charge < -0.3 is 9.67 Å². The van der Waals surface area contributed by atoms with Crippen molar-refractivity contribution in [2.75, 3.05) is 0 Å². The van der Waals surface area contributed by atoms with E-state index in [2.05, 4.69) is 6.92 Å². The van der Waals surface area contributed by atoms with Crippen molar-refractivity contribution in [2.24, 2.45) is 0 Å². The highest BCUT2D eigenvalue weighted by atomic mass is 16.4. The van der Waals surface area contributed by atoms with E-state index in [-0.39, 0.29) is 6.42 Å². The molecule has 3 heteroatoms. The summed E-state index contributed by atoms with van der Waals surface area (Å²) in [6, 6.07) is 7.87. The zero-order chi connectivity index (χ0) is 10.8. The third-order valence-electron chi connectivity index (χ3n) is 2.44. The lowest BCUT2D eigenvalue weighted by atomic mass is 10.2. The van der Waals surface area contributed by atoms with Crippen molar-refractivity contribution in [1.29, 1.82) is 0 Å². The van der Waals surface area contributed by atoms with E-state index in [1.807, 2.05) is 35.0 Å². The minimum atomic E-state index is -0.779. The van der Waals surface area contributed by atoms with Gasteiger partial charge in [-0.25, -0.2) is 0 Å². The first-order valence-electron chi connectivity index (χ1n) is 4.80. The van der Waals surface area contributed by atoms with Crippen LogP contribution in [0, 0.1) is 6.92 Å². The molecular weight excluding hydrogens is 190 g/mol. The molecule has 1 heterocycles. The second kappa shape index (κ2) is 3.77. The van der Waals surface area contributed by atoms with Crippen LogP contribution in [-0.4, -0.2) is 15.6 Å². The molecule has 1 aromatic carbocycles. The number of aliphatic carboxylic acids is 1. The van der Waals surface area contributed by atoms with Crippen molar-refractivity contribution in [2.45, 2.75) is 13.0 Å². The fraction of sp³-hybridized carbons (Fsp3) is 0.167. The van der Waals surface area contributed by atoms with Crippen molar-refractivity contribution in [1.82, 2.24) is 4.57 Å². The average molecular weight is 202 g/mol. The Morgan fingerprint density at radius 1 is 1.40 bits per heavy atom. The summed E-state index contributed by atoms with van der Waals surface area (Å²) in [6.07, 6.45) is 2.03. The fourth-order valence-corrected chi connectivity index (χ4v) is 1.72. The van der Waals surface area contributed by atoms with Gasteiger partial charge in [-0.3, -0.25) is 4.79 Å². The van der Waals surface area contributed by atoms with Gasteiger partial charge in [0.05, 0.1) is 6.42 Å². The maximum atomic E-state index is 10.5. The lowest BCUT2D eigenvalue weighted by Crippen LogP contribution is -2.03. The Morgan fingerprint density at radius 3 is 2.87 bits per heavy atom. The Kier molecular flexibility index (Phi) is 2.46. The maximum Gasteiger partial charge on any atom is 0.305 e. The van der Waals surface area contributed by atoms with Crippen molar-refractivity contribution in [3.8, 4) is 0 Å². The number of aromatic nitrogens is 1. The molecule has 0 aliphatic heterocycles. The second-order valence-electron chi connectivity index (χ2n) is 3.51. The summed E-state index contributed by atoms with van der Waals surface area (Å²) < 4.78 is 1.94. The summed E-state index contributed by atoms with van der Waals surface area (Å²) in [5.41, 5.74) is 1.99. The lowest BCUT2D eigenvalue weighted by molar-refractivity contribution is -0.137. The van der Waals surface area contributed by atoms with Gasteiger partial charge in [-0.1, -0.05) is 18.2 Å². The summed E-state index contributed by atoms with van der Waals surface area (Å²) in [7, 11) is 0. The van der Waals surface area contributed by atoms with E-state index in [1.54, 1.807) is 0 Å². The first-order valence-corrected chi connectivity index (χ1v) is 4.80. The minimum Gasteiger partial charge on any atom is -0.481 e. The molecule has 0 unspecified atom stereocenters. The number of carbonyl (C=O) groups is 1. The van der Waals surface area contributed by atoms with Gasteiger partial charge in [0.2, 0.25) is 0 Å². The van der Waals surface area contributed by atoms with Crippen molar-refractivity contribution in [3.05, 3.63) is 42.9 Å². The first-order chi connectivity index (χ1) is 7.18. The second-order valence-corrected chi connectivity index (χ2v) is 3.51. The molecule has 0 amide bonds. The number of carboxylic acid groups (broad SMARTS) is 1. The van der Waals surface area contributed by atoms with Crippen molar-refractivity contribution in [3.63, 3.8) is 0 Å². The molecule has 1 radical (unpaired) electrons. The van der Waals surface area contributed by atoms with Crippen LogP contribution in [0.3, 0.4) is 0 Å². The molecular formula is C12H12NO2. The molecule has 77 valence electrons. The number of hydrogen-bond acceptors (Lipinski definition) is 1. The number of carboxylic acids is 1. The molecule has 0 aliphatic rings. The molecule has 0 aliphatic carbocycles. The van der Waals surface area contributed by atoms with Crippen LogP contribution < -0.4 is 0 Å². The number of para-hydroxylation sites is 1. The predicted molar refractivity (Wildman–Crippen MR) is 58.6 cm³/mol.